The van der Waals surface area contributed by atoms with E-state index >= 15 is 0 Å². The number of carbonyl (C=O) groups excluding carboxylic acids is 1. The van der Waals surface area contributed by atoms with Crippen LogP contribution in [0.2, 0.25) is 0 Å². The molecule has 1 aromatic heterocycles. The van der Waals surface area contributed by atoms with Crippen molar-refractivity contribution in [2.24, 2.45) is 0 Å². The Labute approximate surface area is 88.0 Å². The predicted octanol–water partition coefficient (Wildman–Crippen LogP) is -0.473. The van der Waals surface area contributed by atoms with Crippen LogP contribution in [-0.2, 0) is 16.1 Å². The third-order valence-electron chi connectivity index (χ3n) is 1.70. The van der Waals surface area contributed by atoms with Crippen LogP contribution in [0.3, 0.4) is 0 Å². The molecular formula is C9H15N3O3. The molecule has 0 bridgehead atoms. The zero-order chi connectivity index (χ0) is 10.9. The van der Waals surface area contributed by atoms with E-state index in [1.54, 1.807) is 19.4 Å². The largest absolute Gasteiger partial charge is 0.383 e. The van der Waals surface area contributed by atoms with Crippen molar-refractivity contribution in [3.8, 4) is 0 Å². The minimum atomic E-state index is -0.0634. The quantitative estimate of drug-likeness (QED) is 0.599. The zero-order valence-corrected chi connectivity index (χ0v) is 8.66. The fourth-order valence-corrected chi connectivity index (χ4v) is 0.988. The summed E-state index contributed by atoms with van der Waals surface area (Å²) in [6.07, 6.45) is 1.57. The summed E-state index contributed by atoms with van der Waals surface area (Å²) in [5.74, 6) is 0.645. The van der Waals surface area contributed by atoms with Crippen molar-refractivity contribution >= 4 is 5.91 Å². The Morgan fingerprint density at radius 2 is 2.53 bits per heavy atom. The molecule has 0 unspecified atom stereocenters. The van der Waals surface area contributed by atoms with Crippen LogP contribution in [-0.4, -0.2) is 37.9 Å². The molecule has 0 spiro atoms. The molecule has 2 N–H and O–H groups in total. The number of amides is 1. The minimum absolute atomic E-state index is 0.0634. The van der Waals surface area contributed by atoms with Crippen LogP contribution < -0.4 is 10.6 Å². The van der Waals surface area contributed by atoms with Crippen LogP contribution in [0.4, 0.5) is 0 Å². The van der Waals surface area contributed by atoms with Crippen LogP contribution in [0.1, 0.15) is 5.76 Å². The first-order valence-corrected chi connectivity index (χ1v) is 4.69. The fourth-order valence-electron chi connectivity index (χ4n) is 0.988. The van der Waals surface area contributed by atoms with E-state index in [4.69, 9.17) is 9.26 Å². The molecule has 0 aliphatic heterocycles. The highest BCUT2D eigenvalue weighted by Gasteiger charge is 2.01. The third-order valence-corrected chi connectivity index (χ3v) is 1.70. The van der Waals surface area contributed by atoms with E-state index < -0.39 is 0 Å². The second-order valence-electron chi connectivity index (χ2n) is 2.93. The van der Waals surface area contributed by atoms with Gasteiger partial charge in [0.05, 0.1) is 25.9 Å². The summed E-state index contributed by atoms with van der Waals surface area (Å²) in [7, 11) is 1.59. The van der Waals surface area contributed by atoms with Crippen molar-refractivity contribution < 1.29 is 14.1 Å². The van der Waals surface area contributed by atoms with E-state index in [9.17, 15) is 4.79 Å². The Balaban J connectivity index is 2.02. The smallest absolute Gasteiger partial charge is 0.234 e. The minimum Gasteiger partial charge on any atom is -0.383 e. The van der Waals surface area contributed by atoms with Crippen LogP contribution in [0, 0.1) is 0 Å². The van der Waals surface area contributed by atoms with Gasteiger partial charge in [0, 0.05) is 19.7 Å². The molecule has 1 rings (SSSR count). The van der Waals surface area contributed by atoms with E-state index in [0.717, 1.165) is 0 Å². The average Bonchev–Trinajstić information content (AvgIpc) is 2.71. The van der Waals surface area contributed by atoms with E-state index in [2.05, 4.69) is 15.8 Å². The molecule has 0 saturated carbocycles. The van der Waals surface area contributed by atoms with Crippen molar-refractivity contribution in [3.05, 3.63) is 18.0 Å². The van der Waals surface area contributed by atoms with Crippen LogP contribution in [0.25, 0.3) is 0 Å². The Morgan fingerprint density at radius 3 is 3.20 bits per heavy atom. The van der Waals surface area contributed by atoms with Crippen molar-refractivity contribution in [1.82, 2.24) is 15.8 Å². The lowest BCUT2D eigenvalue weighted by Gasteiger charge is -2.04. The topological polar surface area (TPSA) is 76.4 Å². The fraction of sp³-hybridized carbons (Fsp3) is 0.556. The summed E-state index contributed by atoms with van der Waals surface area (Å²) in [5.41, 5.74) is 0. The highest BCUT2D eigenvalue weighted by molar-refractivity contribution is 5.77. The van der Waals surface area contributed by atoms with Gasteiger partial charge in [0.25, 0.3) is 0 Å². The Hall–Kier alpha value is -1.40. The number of hydrogen-bond donors (Lipinski definition) is 2. The van der Waals surface area contributed by atoms with Crippen molar-refractivity contribution in [1.29, 1.82) is 0 Å². The van der Waals surface area contributed by atoms with Crippen LogP contribution in [0.5, 0.6) is 0 Å². The Kier molecular flexibility index (Phi) is 5.42. The molecule has 0 aromatic carbocycles. The number of rotatable bonds is 7. The van der Waals surface area contributed by atoms with Gasteiger partial charge in [-0.05, 0) is 0 Å². The number of methoxy groups -OCH3 is 1. The van der Waals surface area contributed by atoms with Gasteiger partial charge in [-0.15, -0.1) is 0 Å². The Morgan fingerprint density at radius 1 is 1.67 bits per heavy atom. The van der Waals surface area contributed by atoms with Gasteiger partial charge < -0.3 is 19.9 Å². The lowest BCUT2D eigenvalue weighted by molar-refractivity contribution is -0.120. The van der Waals surface area contributed by atoms with Gasteiger partial charge in [0.2, 0.25) is 5.91 Å². The molecule has 84 valence electrons. The molecule has 0 radical (unpaired) electrons. The molecule has 0 aliphatic carbocycles. The number of ether oxygens (including phenoxy) is 1. The second kappa shape index (κ2) is 6.97. The summed E-state index contributed by atoms with van der Waals surface area (Å²) in [6.45, 7) is 1.80. The highest BCUT2D eigenvalue weighted by Crippen LogP contribution is 1.93. The van der Waals surface area contributed by atoms with Crippen molar-refractivity contribution in [2.45, 2.75) is 6.54 Å². The lowest BCUT2D eigenvalue weighted by atomic mass is 10.4. The molecular weight excluding hydrogens is 198 g/mol. The molecule has 0 fully saturated rings. The molecule has 6 nitrogen and oxygen atoms in total. The standard InChI is InChI=1S/C9H15N3O3/c1-14-5-4-11-9(13)7-10-6-8-2-3-12-15-8/h2-3,10H,4-7H2,1H3,(H,11,13). The van der Waals surface area contributed by atoms with Crippen molar-refractivity contribution in [2.75, 3.05) is 26.8 Å². The molecule has 0 aliphatic rings. The van der Waals surface area contributed by atoms with Gasteiger partial charge in [-0.1, -0.05) is 5.16 Å². The molecule has 15 heavy (non-hydrogen) atoms. The monoisotopic (exact) mass is 213 g/mol. The first-order valence-electron chi connectivity index (χ1n) is 4.69. The maximum atomic E-state index is 11.2. The van der Waals surface area contributed by atoms with Gasteiger partial charge in [0.1, 0.15) is 5.76 Å². The number of nitrogens with one attached hydrogen (secondary N) is 2. The summed E-state index contributed by atoms with van der Waals surface area (Å²) >= 11 is 0. The van der Waals surface area contributed by atoms with E-state index in [1.165, 1.54) is 0 Å². The third kappa shape index (κ3) is 5.14. The summed E-state index contributed by atoms with van der Waals surface area (Å²) in [5, 5.41) is 9.17. The summed E-state index contributed by atoms with van der Waals surface area (Å²) < 4.78 is 9.65. The second-order valence-corrected chi connectivity index (χ2v) is 2.93. The van der Waals surface area contributed by atoms with Gasteiger partial charge in [0.15, 0.2) is 0 Å². The molecule has 6 heteroatoms. The molecule has 1 heterocycles. The normalized spacial score (nSPS) is 10.2. The SMILES string of the molecule is COCCNC(=O)CNCc1ccno1. The maximum Gasteiger partial charge on any atom is 0.234 e. The molecule has 1 aromatic rings. The lowest BCUT2D eigenvalue weighted by Crippen LogP contribution is -2.35. The predicted molar refractivity (Wildman–Crippen MR) is 53.1 cm³/mol. The molecule has 0 saturated heterocycles. The van der Waals surface area contributed by atoms with Crippen LogP contribution in [0.15, 0.2) is 16.8 Å². The molecule has 1 amide bonds. The summed E-state index contributed by atoms with van der Waals surface area (Å²) in [4.78, 5) is 11.2. The van der Waals surface area contributed by atoms with E-state index in [0.29, 0.717) is 25.5 Å². The first kappa shape index (κ1) is 11.7. The number of nitrogens with zero attached hydrogens (tertiary/aromatic N) is 1. The van der Waals surface area contributed by atoms with Gasteiger partial charge in [-0.3, -0.25) is 4.79 Å². The van der Waals surface area contributed by atoms with Crippen molar-refractivity contribution in [3.63, 3.8) is 0 Å². The number of hydrogen-bond acceptors (Lipinski definition) is 5. The average molecular weight is 213 g/mol. The zero-order valence-electron chi connectivity index (χ0n) is 8.66. The van der Waals surface area contributed by atoms with Gasteiger partial charge in [-0.2, -0.15) is 0 Å². The first-order chi connectivity index (χ1) is 7.33. The maximum absolute atomic E-state index is 11.2. The number of carbonyl (C=O) groups is 1. The highest BCUT2D eigenvalue weighted by atomic mass is 16.5. The van der Waals surface area contributed by atoms with Gasteiger partial charge >= 0.3 is 0 Å². The number of aromatic nitrogens is 1. The Bertz CT molecular complexity index is 274. The van der Waals surface area contributed by atoms with E-state index in [1.807, 2.05) is 0 Å². The summed E-state index contributed by atoms with van der Waals surface area (Å²) in [6, 6.07) is 1.75. The van der Waals surface area contributed by atoms with Gasteiger partial charge in [-0.25, -0.2) is 0 Å². The van der Waals surface area contributed by atoms with Crippen LogP contribution >= 0.6 is 0 Å². The van der Waals surface area contributed by atoms with E-state index in [-0.39, 0.29) is 12.5 Å². The molecule has 0 atom stereocenters.